The van der Waals surface area contributed by atoms with Crippen molar-refractivity contribution < 1.29 is 13.2 Å². The number of ether oxygens (including phenoxy) is 1. The van der Waals surface area contributed by atoms with E-state index >= 15 is 0 Å². The molecule has 2 heterocycles. The van der Waals surface area contributed by atoms with Gasteiger partial charge in [0.2, 0.25) is 0 Å². The summed E-state index contributed by atoms with van der Waals surface area (Å²) < 4.78 is 33.6. The smallest absolute Gasteiger partial charge is 0.279 e. The number of fused-ring (bicyclic) bond motifs is 1. The molecule has 0 bridgehead atoms. The molecule has 1 aliphatic heterocycles. The number of nitrogens with zero attached hydrogens (tertiary/aromatic N) is 4. The van der Waals surface area contributed by atoms with Crippen LogP contribution in [-0.4, -0.2) is 35.6 Å². The highest BCUT2D eigenvalue weighted by atomic mass is 32.2. The largest absolute Gasteiger partial charge is 0.497 e. The third-order valence-corrected chi connectivity index (χ3v) is 7.14. The van der Waals surface area contributed by atoms with E-state index in [9.17, 15) is 8.42 Å². The molecule has 5 rings (SSSR count). The number of methoxy groups -OCH3 is 1. The zero-order valence-corrected chi connectivity index (χ0v) is 18.1. The van der Waals surface area contributed by atoms with Crippen LogP contribution in [0.25, 0.3) is 11.0 Å². The second-order valence-corrected chi connectivity index (χ2v) is 9.19. The standard InChI is InChI=1S/C24H20N4O3S/c1-31-19-7-5-6-17(14-19)22-16-24(18-10-11-21-23(15-18)26-13-12-25-21)28(27-22)32(29,30)20-8-3-2-4-9-20/h2-15,24H,16H2,1H3/t24-/m0/s1. The van der Waals surface area contributed by atoms with Crippen molar-refractivity contribution in [2.45, 2.75) is 17.4 Å². The lowest BCUT2D eigenvalue weighted by Gasteiger charge is -2.23. The topological polar surface area (TPSA) is 84.8 Å². The zero-order chi connectivity index (χ0) is 22.1. The minimum absolute atomic E-state index is 0.196. The predicted molar refractivity (Wildman–Crippen MR) is 122 cm³/mol. The molecule has 0 aliphatic carbocycles. The number of sulfonamides is 1. The van der Waals surface area contributed by atoms with Gasteiger partial charge in [0, 0.05) is 24.4 Å². The van der Waals surface area contributed by atoms with Crippen molar-refractivity contribution in [1.82, 2.24) is 14.4 Å². The Kier molecular flexibility index (Phi) is 5.07. The highest BCUT2D eigenvalue weighted by Crippen LogP contribution is 2.38. The van der Waals surface area contributed by atoms with Gasteiger partial charge < -0.3 is 4.74 Å². The van der Waals surface area contributed by atoms with E-state index in [1.807, 2.05) is 42.5 Å². The van der Waals surface area contributed by atoms with Gasteiger partial charge in [-0.15, -0.1) is 0 Å². The second-order valence-electron chi connectivity index (χ2n) is 7.39. The van der Waals surface area contributed by atoms with Gasteiger partial charge in [-0.05, 0) is 42.0 Å². The summed E-state index contributed by atoms with van der Waals surface area (Å²) in [4.78, 5) is 8.88. The Balaban J connectivity index is 1.62. The molecule has 0 spiro atoms. The Hall–Kier alpha value is -3.78. The van der Waals surface area contributed by atoms with E-state index in [4.69, 9.17) is 4.74 Å². The first-order chi connectivity index (χ1) is 15.6. The van der Waals surface area contributed by atoms with Crippen molar-refractivity contribution in [2.24, 2.45) is 5.10 Å². The number of aromatic nitrogens is 2. The van der Waals surface area contributed by atoms with Crippen LogP contribution in [0.4, 0.5) is 0 Å². The van der Waals surface area contributed by atoms with Crippen molar-refractivity contribution in [2.75, 3.05) is 7.11 Å². The molecule has 0 saturated carbocycles. The first-order valence-corrected chi connectivity index (χ1v) is 11.5. The fourth-order valence-electron chi connectivity index (χ4n) is 3.82. The summed E-state index contributed by atoms with van der Waals surface area (Å²) in [6, 6.07) is 21.0. The lowest BCUT2D eigenvalue weighted by atomic mass is 9.98. The van der Waals surface area contributed by atoms with Crippen LogP contribution in [0.3, 0.4) is 0 Å². The summed E-state index contributed by atoms with van der Waals surface area (Å²) in [5.74, 6) is 0.687. The Morgan fingerprint density at radius 3 is 2.47 bits per heavy atom. The van der Waals surface area contributed by atoms with Crippen LogP contribution < -0.4 is 4.74 Å². The minimum atomic E-state index is -3.87. The Morgan fingerprint density at radius 1 is 0.906 bits per heavy atom. The van der Waals surface area contributed by atoms with Gasteiger partial charge in [-0.2, -0.15) is 17.9 Å². The molecule has 32 heavy (non-hydrogen) atoms. The van der Waals surface area contributed by atoms with Crippen LogP contribution >= 0.6 is 0 Å². The molecular formula is C24H20N4O3S. The first-order valence-electron chi connectivity index (χ1n) is 10.1. The van der Waals surface area contributed by atoms with Gasteiger partial charge >= 0.3 is 0 Å². The van der Waals surface area contributed by atoms with Crippen LogP contribution in [0.15, 0.2) is 95.2 Å². The van der Waals surface area contributed by atoms with Crippen molar-refractivity contribution in [3.8, 4) is 5.75 Å². The molecule has 1 aromatic heterocycles. The quantitative estimate of drug-likeness (QED) is 0.461. The normalized spacial score (nSPS) is 16.2. The Morgan fingerprint density at radius 2 is 1.69 bits per heavy atom. The van der Waals surface area contributed by atoms with Crippen LogP contribution in [0.1, 0.15) is 23.6 Å². The monoisotopic (exact) mass is 444 g/mol. The number of rotatable bonds is 5. The lowest BCUT2D eigenvalue weighted by molar-refractivity contribution is 0.371. The molecule has 0 saturated heterocycles. The molecule has 3 aromatic carbocycles. The molecule has 160 valence electrons. The van der Waals surface area contributed by atoms with Crippen molar-refractivity contribution in [1.29, 1.82) is 0 Å². The van der Waals surface area contributed by atoms with Crippen LogP contribution in [-0.2, 0) is 10.0 Å². The number of hydrogen-bond donors (Lipinski definition) is 0. The van der Waals surface area contributed by atoms with Gasteiger partial charge in [0.05, 0.1) is 34.8 Å². The van der Waals surface area contributed by atoms with Gasteiger partial charge in [0.15, 0.2) is 0 Å². The van der Waals surface area contributed by atoms with E-state index in [-0.39, 0.29) is 4.90 Å². The second kappa shape index (κ2) is 8.05. The van der Waals surface area contributed by atoms with E-state index in [2.05, 4.69) is 15.1 Å². The number of hydrogen-bond acceptors (Lipinski definition) is 6. The van der Waals surface area contributed by atoms with Crippen LogP contribution in [0.2, 0.25) is 0 Å². The summed E-state index contributed by atoms with van der Waals surface area (Å²) in [6.45, 7) is 0. The van der Waals surface area contributed by atoms with Gasteiger partial charge in [-0.25, -0.2) is 0 Å². The summed E-state index contributed by atoms with van der Waals surface area (Å²) in [5, 5.41) is 4.59. The summed E-state index contributed by atoms with van der Waals surface area (Å²) in [7, 11) is -2.27. The molecular weight excluding hydrogens is 424 g/mol. The van der Waals surface area contributed by atoms with E-state index in [0.717, 1.165) is 16.6 Å². The van der Waals surface area contributed by atoms with E-state index in [1.54, 1.807) is 49.8 Å². The average Bonchev–Trinajstić information content (AvgIpc) is 3.31. The fourth-order valence-corrected chi connectivity index (χ4v) is 5.28. The third kappa shape index (κ3) is 3.58. The molecule has 1 atom stereocenters. The molecule has 8 heteroatoms. The molecule has 0 fully saturated rings. The third-order valence-electron chi connectivity index (χ3n) is 5.44. The zero-order valence-electron chi connectivity index (χ0n) is 17.3. The van der Waals surface area contributed by atoms with Crippen LogP contribution in [0, 0.1) is 0 Å². The Labute approximate surface area is 186 Å². The SMILES string of the molecule is COc1cccc(C2=NN(S(=O)(=O)c3ccccc3)[C@H](c3ccc4nccnc4c3)C2)c1. The lowest BCUT2D eigenvalue weighted by Crippen LogP contribution is -2.27. The average molecular weight is 445 g/mol. The maximum absolute atomic E-state index is 13.5. The Bertz CT molecular complexity index is 1420. The fraction of sp³-hybridized carbons (Fsp3) is 0.125. The maximum atomic E-state index is 13.5. The summed E-state index contributed by atoms with van der Waals surface area (Å²) in [6.07, 6.45) is 3.68. The number of benzene rings is 3. The van der Waals surface area contributed by atoms with E-state index < -0.39 is 16.1 Å². The first kappa shape index (κ1) is 20.1. The summed E-state index contributed by atoms with van der Waals surface area (Å²) in [5.41, 5.74) is 3.75. The highest BCUT2D eigenvalue weighted by Gasteiger charge is 2.37. The molecule has 4 aromatic rings. The number of hydrazone groups is 1. The summed E-state index contributed by atoms with van der Waals surface area (Å²) >= 11 is 0. The van der Waals surface area contributed by atoms with Gasteiger partial charge in [-0.3, -0.25) is 9.97 Å². The van der Waals surface area contributed by atoms with Gasteiger partial charge in [0.25, 0.3) is 10.0 Å². The van der Waals surface area contributed by atoms with Crippen molar-refractivity contribution >= 4 is 26.8 Å². The maximum Gasteiger partial charge on any atom is 0.279 e. The van der Waals surface area contributed by atoms with Gasteiger partial charge in [-0.1, -0.05) is 36.4 Å². The molecule has 7 nitrogen and oxygen atoms in total. The molecule has 0 radical (unpaired) electrons. The molecule has 0 N–H and O–H groups in total. The van der Waals surface area contributed by atoms with Gasteiger partial charge in [0.1, 0.15) is 5.75 Å². The van der Waals surface area contributed by atoms with E-state index in [1.165, 1.54) is 4.41 Å². The van der Waals surface area contributed by atoms with Crippen molar-refractivity contribution in [3.63, 3.8) is 0 Å². The minimum Gasteiger partial charge on any atom is -0.497 e. The van der Waals surface area contributed by atoms with E-state index in [0.29, 0.717) is 23.4 Å². The predicted octanol–water partition coefficient (Wildman–Crippen LogP) is 4.18. The highest BCUT2D eigenvalue weighted by molar-refractivity contribution is 7.89. The van der Waals surface area contributed by atoms with Crippen LogP contribution in [0.5, 0.6) is 5.75 Å². The molecule has 0 unspecified atom stereocenters. The van der Waals surface area contributed by atoms with Crippen molar-refractivity contribution in [3.05, 3.63) is 96.3 Å². The molecule has 0 amide bonds. The molecule has 1 aliphatic rings.